The summed E-state index contributed by atoms with van der Waals surface area (Å²) in [6, 6.07) is 0.573. The van der Waals surface area contributed by atoms with Gasteiger partial charge in [-0.15, -0.1) is 11.3 Å². The summed E-state index contributed by atoms with van der Waals surface area (Å²) in [5, 5.41) is 10.0. The molecule has 1 heterocycles. The Hall–Kier alpha value is -1.30. The van der Waals surface area contributed by atoms with Crippen molar-refractivity contribution in [1.29, 1.82) is 0 Å². The molecule has 6 heteroatoms. The molecule has 0 saturated heterocycles. The normalized spacial score (nSPS) is 16.8. The standard InChI is InChI=1S/C15H27N5S/c1-4-16-14(18-12-8-6-5-7-9-12)17-10-13-11-21-15(19-13)20(2)3/h11-12H,4-10H2,1-3H3,(H2,16,17,18). The van der Waals surface area contributed by atoms with E-state index in [2.05, 4.69) is 32.9 Å². The van der Waals surface area contributed by atoms with Crippen LogP contribution in [0, 0.1) is 0 Å². The number of nitrogens with zero attached hydrogens (tertiary/aromatic N) is 3. The van der Waals surface area contributed by atoms with Crippen LogP contribution in [0.1, 0.15) is 44.7 Å². The van der Waals surface area contributed by atoms with Crippen LogP contribution in [0.4, 0.5) is 5.13 Å². The van der Waals surface area contributed by atoms with Crippen molar-refractivity contribution >= 4 is 22.4 Å². The maximum absolute atomic E-state index is 4.67. The van der Waals surface area contributed by atoms with Gasteiger partial charge in [0.05, 0.1) is 12.2 Å². The number of guanidine groups is 1. The lowest BCUT2D eigenvalue weighted by molar-refractivity contribution is 0.410. The van der Waals surface area contributed by atoms with Crippen molar-refractivity contribution in [3.63, 3.8) is 0 Å². The molecule has 0 atom stereocenters. The van der Waals surface area contributed by atoms with Gasteiger partial charge in [0.1, 0.15) is 0 Å². The monoisotopic (exact) mass is 309 g/mol. The number of hydrogen-bond acceptors (Lipinski definition) is 4. The highest BCUT2D eigenvalue weighted by Gasteiger charge is 2.14. The van der Waals surface area contributed by atoms with Crippen LogP contribution in [0.25, 0.3) is 0 Å². The van der Waals surface area contributed by atoms with Crippen LogP contribution in [-0.2, 0) is 6.54 Å². The van der Waals surface area contributed by atoms with Gasteiger partial charge in [-0.2, -0.15) is 0 Å². The van der Waals surface area contributed by atoms with E-state index in [0.717, 1.165) is 23.3 Å². The molecule has 0 radical (unpaired) electrons. The molecule has 0 aromatic carbocycles. The minimum absolute atomic E-state index is 0.573. The number of hydrogen-bond donors (Lipinski definition) is 2. The molecule has 21 heavy (non-hydrogen) atoms. The Bertz CT molecular complexity index is 449. The zero-order chi connectivity index (χ0) is 15.1. The van der Waals surface area contributed by atoms with Crippen LogP contribution in [-0.4, -0.2) is 37.6 Å². The molecule has 5 nitrogen and oxygen atoms in total. The first kappa shape index (κ1) is 16.1. The lowest BCUT2D eigenvalue weighted by Gasteiger charge is -2.24. The summed E-state index contributed by atoms with van der Waals surface area (Å²) >= 11 is 1.66. The Labute approximate surface area is 131 Å². The average molecular weight is 309 g/mol. The quantitative estimate of drug-likeness (QED) is 0.648. The van der Waals surface area contributed by atoms with Gasteiger partial charge in [-0.3, -0.25) is 0 Å². The molecule has 1 aromatic heterocycles. The third kappa shape index (κ3) is 5.19. The molecule has 1 saturated carbocycles. The van der Waals surface area contributed by atoms with Crippen LogP contribution >= 0.6 is 11.3 Å². The zero-order valence-corrected chi connectivity index (χ0v) is 14.2. The highest BCUT2D eigenvalue weighted by atomic mass is 32.1. The smallest absolute Gasteiger partial charge is 0.191 e. The molecule has 0 spiro atoms. The van der Waals surface area contributed by atoms with Crippen LogP contribution in [0.3, 0.4) is 0 Å². The van der Waals surface area contributed by atoms with Gasteiger partial charge in [-0.25, -0.2) is 9.98 Å². The maximum Gasteiger partial charge on any atom is 0.191 e. The van der Waals surface area contributed by atoms with E-state index in [1.54, 1.807) is 11.3 Å². The summed E-state index contributed by atoms with van der Waals surface area (Å²) < 4.78 is 0. The summed E-state index contributed by atoms with van der Waals surface area (Å²) in [5.41, 5.74) is 1.03. The van der Waals surface area contributed by atoms with Crippen molar-refractivity contribution in [2.45, 2.75) is 51.6 Å². The minimum atomic E-state index is 0.573. The van der Waals surface area contributed by atoms with E-state index >= 15 is 0 Å². The van der Waals surface area contributed by atoms with E-state index in [0.29, 0.717) is 12.6 Å². The number of thiazole rings is 1. The van der Waals surface area contributed by atoms with Crippen molar-refractivity contribution in [3.05, 3.63) is 11.1 Å². The maximum atomic E-state index is 4.67. The second kappa shape index (κ2) is 8.22. The molecular formula is C15H27N5S. The molecule has 0 amide bonds. The summed E-state index contributed by atoms with van der Waals surface area (Å²) in [5.74, 6) is 0.920. The Kier molecular flexibility index (Phi) is 6.29. The summed E-state index contributed by atoms with van der Waals surface area (Å²) in [7, 11) is 4.03. The van der Waals surface area contributed by atoms with Gasteiger partial charge >= 0.3 is 0 Å². The van der Waals surface area contributed by atoms with Crippen molar-refractivity contribution in [2.75, 3.05) is 25.5 Å². The lowest BCUT2D eigenvalue weighted by Crippen LogP contribution is -2.44. The van der Waals surface area contributed by atoms with E-state index in [4.69, 9.17) is 0 Å². The Morgan fingerprint density at radius 2 is 2.14 bits per heavy atom. The summed E-state index contributed by atoms with van der Waals surface area (Å²) in [6.07, 6.45) is 6.54. The Morgan fingerprint density at radius 3 is 2.76 bits per heavy atom. The van der Waals surface area contributed by atoms with Crippen LogP contribution in [0.15, 0.2) is 10.4 Å². The third-order valence-corrected chi connectivity index (χ3v) is 4.67. The Balaban J connectivity index is 1.92. The number of anilines is 1. The highest BCUT2D eigenvalue weighted by Crippen LogP contribution is 2.19. The summed E-state index contributed by atoms with van der Waals surface area (Å²) in [4.78, 5) is 11.3. The molecule has 1 aliphatic rings. The fraction of sp³-hybridized carbons (Fsp3) is 0.733. The molecular weight excluding hydrogens is 282 g/mol. The molecule has 1 aromatic rings. The van der Waals surface area contributed by atoms with E-state index in [-0.39, 0.29) is 0 Å². The predicted molar refractivity (Wildman–Crippen MR) is 91.3 cm³/mol. The molecule has 0 bridgehead atoms. The van der Waals surface area contributed by atoms with Crippen molar-refractivity contribution < 1.29 is 0 Å². The fourth-order valence-corrected chi connectivity index (χ4v) is 3.24. The molecule has 2 N–H and O–H groups in total. The lowest BCUT2D eigenvalue weighted by atomic mass is 9.96. The molecule has 0 unspecified atom stereocenters. The number of aromatic nitrogens is 1. The highest BCUT2D eigenvalue weighted by molar-refractivity contribution is 7.13. The first-order valence-electron chi connectivity index (χ1n) is 7.85. The van der Waals surface area contributed by atoms with Gasteiger partial charge in [0.25, 0.3) is 0 Å². The third-order valence-electron chi connectivity index (χ3n) is 3.61. The fourth-order valence-electron chi connectivity index (χ4n) is 2.49. The van der Waals surface area contributed by atoms with Crippen molar-refractivity contribution in [2.24, 2.45) is 4.99 Å². The second-order valence-corrected chi connectivity index (χ2v) is 6.53. The van der Waals surface area contributed by atoms with E-state index < -0.39 is 0 Å². The van der Waals surface area contributed by atoms with Gasteiger partial charge in [0.2, 0.25) is 0 Å². The summed E-state index contributed by atoms with van der Waals surface area (Å²) in [6.45, 7) is 3.62. The average Bonchev–Trinajstić information content (AvgIpc) is 2.95. The first-order chi connectivity index (χ1) is 10.2. The van der Waals surface area contributed by atoms with Crippen LogP contribution < -0.4 is 15.5 Å². The first-order valence-corrected chi connectivity index (χ1v) is 8.73. The van der Waals surface area contributed by atoms with Gasteiger partial charge in [-0.1, -0.05) is 19.3 Å². The molecule has 1 aliphatic carbocycles. The van der Waals surface area contributed by atoms with Gasteiger partial charge in [0, 0.05) is 32.1 Å². The largest absolute Gasteiger partial charge is 0.357 e. The number of aliphatic imine (C=N–C) groups is 1. The van der Waals surface area contributed by atoms with Crippen LogP contribution in [0.2, 0.25) is 0 Å². The number of rotatable bonds is 5. The van der Waals surface area contributed by atoms with Gasteiger partial charge < -0.3 is 15.5 Å². The molecule has 2 rings (SSSR count). The molecule has 0 aliphatic heterocycles. The van der Waals surface area contributed by atoms with E-state index in [1.807, 2.05) is 19.0 Å². The topological polar surface area (TPSA) is 52.6 Å². The Morgan fingerprint density at radius 1 is 1.38 bits per heavy atom. The molecule has 1 fully saturated rings. The van der Waals surface area contributed by atoms with Crippen molar-refractivity contribution in [3.8, 4) is 0 Å². The zero-order valence-electron chi connectivity index (χ0n) is 13.4. The van der Waals surface area contributed by atoms with Crippen LogP contribution in [0.5, 0.6) is 0 Å². The van der Waals surface area contributed by atoms with Gasteiger partial charge in [-0.05, 0) is 19.8 Å². The minimum Gasteiger partial charge on any atom is -0.357 e. The van der Waals surface area contributed by atoms with Gasteiger partial charge in [0.15, 0.2) is 11.1 Å². The number of nitrogens with one attached hydrogen (secondary N) is 2. The SMILES string of the molecule is CCNC(=NCc1csc(N(C)C)n1)NC1CCCCC1. The molecule has 118 valence electrons. The predicted octanol–water partition coefficient (Wildman–Crippen LogP) is 2.60. The van der Waals surface area contributed by atoms with Crippen molar-refractivity contribution in [1.82, 2.24) is 15.6 Å². The van der Waals surface area contributed by atoms with E-state index in [1.165, 1.54) is 32.1 Å². The van der Waals surface area contributed by atoms with E-state index in [9.17, 15) is 0 Å². The second-order valence-electron chi connectivity index (χ2n) is 5.69.